The van der Waals surface area contributed by atoms with E-state index in [1.165, 1.54) is 0 Å². The first-order chi connectivity index (χ1) is 7.15. The molecule has 1 aromatic carbocycles. The third-order valence-corrected chi connectivity index (χ3v) is 3.03. The molecule has 0 unspecified atom stereocenters. The minimum absolute atomic E-state index is 0.239. The van der Waals surface area contributed by atoms with E-state index in [0.29, 0.717) is 16.1 Å². The Balaban J connectivity index is 2.10. The highest BCUT2D eigenvalue weighted by Crippen LogP contribution is 2.25. The summed E-state index contributed by atoms with van der Waals surface area (Å²) in [7, 11) is 0. The van der Waals surface area contributed by atoms with Gasteiger partial charge < -0.3 is 10.1 Å². The molecule has 2 atom stereocenters. The quantitative estimate of drug-likeness (QED) is 0.861. The van der Waals surface area contributed by atoms with Crippen LogP contribution in [0.2, 0.25) is 10.0 Å². The normalized spacial score (nSPS) is 25.5. The SMILES string of the molecule is C[C@H]1OCC[C@H]1Nc1cc(Cl)cc(Cl)c1. The van der Waals surface area contributed by atoms with Crippen LogP contribution in [0.25, 0.3) is 0 Å². The van der Waals surface area contributed by atoms with Gasteiger partial charge in [0.15, 0.2) is 0 Å². The summed E-state index contributed by atoms with van der Waals surface area (Å²) in [6, 6.07) is 5.82. The van der Waals surface area contributed by atoms with Gasteiger partial charge in [0.1, 0.15) is 0 Å². The Morgan fingerprint density at radius 2 is 1.93 bits per heavy atom. The van der Waals surface area contributed by atoms with E-state index >= 15 is 0 Å². The van der Waals surface area contributed by atoms with E-state index in [4.69, 9.17) is 27.9 Å². The predicted octanol–water partition coefficient (Wildman–Crippen LogP) is 3.58. The smallest absolute Gasteiger partial charge is 0.0748 e. The zero-order valence-corrected chi connectivity index (χ0v) is 9.98. The maximum absolute atomic E-state index is 5.92. The molecule has 0 aromatic heterocycles. The van der Waals surface area contributed by atoms with Gasteiger partial charge in [-0.1, -0.05) is 23.2 Å². The van der Waals surface area contributed by atoms with Gasteiger partial charge >= 0.3 is 0 Å². The van der Waals surface area contributed by atoms with Crippen LogP contribution < -0.4 is 5.32 Å². The van der Waals surface area contributed by atoms with Crippen LogP contribution >= 0.6 is 23.2 Å². The van der Waals surface area contributed by atoms with Crippen LogP contribution in [0.3, 0.4) is 0 Å². The van der Waals surface area contributed by atoms with Crippen molar-refractivity contribution in [3.8, 4) is 0 Å². The molecule has 2 nitrogen and oxygen atoms in total. The predicted molar refractivity (Wildman–Crippen MR) is 63.9 cm³/mol. The lowest BCUT2D eigenvalue weighted by Crippen LogP contribution is -2.26. The lowest BCUT2D eigenvalue weighted by atomic mass is 10.1. The fourth-order valence-electron chi connectivity index (χ4n) is 1.77. The second kappa shape index (κ2) is 4.60. The molecule has 0 amide bonds. The van der Waals surface area contributed by atoms with Crippen LogP contribution in [0.5, 0.6) is 0 Å². The molecule has 82 valence electrons. The Kier molecular flexibility index (Phi) is 3.39. The van der Waals surface area contributed by atoms with Gasteiger partial charge in [0.25, 0.3) is 0 Å². The molecule has 15 heavy (non-hydrogen) atoms. The Bertz CT molecular complexity index is 336. The van der Waals surface area contributed by atoms with Gasteiger partial charge in [0, 0.05) is 22.3 Å². The van der Waals surface area contributed by atoms with E-state index in [9.17, 15) is 0 Å². The molecule has 1 aliphatic rings. The Morgan fingerprint density at radius 3 is 2.47 bits per heavy atom. The van der Waals surface area contributed by atoms with Crippen LogP contribution in [0, 0.1) is 0 Å². The van der Waals surface area contributed by atoms with Gasteiger partial charge in [-0.25, -0.2) is 0 Å². The van der Waals surface area contributed by atoms with Crippen molar-refractivity contribution < 1.29 is 4.74 Å². The van der Waals surface area contributed by atoms with Crippen molar-refractivity contribution in [2.75, 3.05) is 11.9 Å². The number of ether oxygens (including phenoxy) is 1. The first kappa shape index (κ1) is 11.1. The monoisotopic (exact) mass is 245 g/mol. The molecule has 1 fully saturated rings. The highest BCUT2D eigenvalue weighted by atomic mass is 35.5. The summed E-state index contributed by atoms with van der Waals surface area (Å²) >= 11 is 11.8. The van der Waals surface area contributed by atoms with E-state index in [1.807, 2.05) is 12.1 Å². The molecule has 0 bridgehead atoms. The molecular formula is C11H13Cl2NO. The number of halogens is 2. The molecule has 2 rings (SSSR count). The van der Waals surface area contributed by atoms with Crippen molar-refractivity contribution in [2.24, 2.45) is 0 Å². The lowest BCUT2D eigenvalue weighted by molar-refractivity contribution is 0.121. The standard InChI is InChI=1S/C11H13Cl2NO/c1-7-11(2-3-15-7)14-10-5-8(12)4-9(13)6-10/h4-7,11,14H,2-3H2,1H3/t7-,11-/m1/s1. The van der Waals surface area contributed by atoms with Crippen molar-refractivity contribution in [1.29, 1.82) is 0 Å². The lowest BCUT2D eigenvalue weighted by Gasteiger charge is -2.17. The molecule has 0 radical (unpaired) electrons. The fourth-order valence-corrected chi connectivity index (χ4v) is 2.30. The fraction of sp³-hybridized carbons (Fsp3) is 0.455. The average molecular weight is 246 g/mol. The second-order valence-electron chi connectivity index (χ2n) is 3.77. The van der Waals surface area contributed by atoms with Gasteiger partial charge in [-0.3, -0.25) is 0 Å². The summed E-state index contributed by atoms with van der Waals surface area (Å²) < 4.78 is 5.47. The number of rotatable bonds is 2. The van der Waals surface area contributed by atoms with Crippen LogP contribution in [0.4, 0.5) is 5.69 Å². The minimum Gasteiger partial charge on any atom is -0.380 e. The third-order valence-electron chi connectivity index (χ3n) is 2.59. The van der Waals surface area contributed by atoms with E-state index < -0.39 is 0 Å². The zero-order chi connectivity index (χ0) is 10.8. The minimum atomic E-state index is 0.239. The summed E-state index contributed by atoms with van der Waals surface area (Å²) in [4.78, 5) is 0. The molecule has 1 aromatic rings. The summed E-state index contributed by atoms with van der Waals surface area (Å²) in [6.45, 7) is 2.88. The highest BCUT2D eigenvalue weighted by molar-refractivity contribution is 6.35. The third kappa shape index (κ3) is 2.77. The molecule has 1 N–H and O–H groups in total. The van der Waals surface area contributed by atoms with Gasteiger partial charge in [-0.05, 0) is 31.5 Å². The Hall–Kier alpha value is -0.440. The van der Waals surface area contributed by atoms with Gasteiger partial charge in [0.05, 0.1) is 12.1 Å². The Morgan fingerprint density at radius 1 is 1.27 bits per heavy atom. The molecule has 1 saturated heterocycles. The maximum Gasteiger partial charge on any atom is 0.0748 e. The second-order valence-corrected chi connectivity index (χ2v) is 4.65. The molecule has 0 spiro atoms. The van der Waals surface area contributed by atoms with Gasteiger partial charge in [-0.2, -0.15) is 0 Å². The first-order valence-electron chi connectivity index (χ1n) is 4.99. The molecule has 0 aliphatic carbocycles. The van der Waals surface area contributed by atoms with Crippen LogP contribution in [0.1, 0.15) is 13.3 Å². The van der Waals surface area contributed by atoms with E-state index in [1.54, 1.807) is 6.07 Å². The van der Waals surface area contributed by atoms with Crippen molar-refractivity contribution in [1.82, 2.24) is 0 Å². The number of anilines is 1. The number of benzene rings is 1. The van der Waals surface area contributed by atoms with E-state index in [2.05, 4.69) is 12.2 Å². The largest absolute Gasteiger partial charge is 0.380 e. The van der Waals surface area contributed by atoms with Crippen molar-refractivity contribution in [3.63, 3.8) is 0 Å². The summed E-state index contributed by atoms with van der Waals surface area (Å²) in [5.74, 6) is 0. The molecule has 4 heteroatoms. The van der Waals surface area contributed by atoms with Crippen molar-refractivity contribution in [2.45, 2.75) is 25.5 Å². The summed E-state index contributed by atoms with van der Waals surface area (Å²) in [5, 5.41) is 4.68. The van der Waals surface area contributed by atoms with Crippen LogP contribution in [-0.4, -0.2) is 18.8 Å². The Labute approximate surface area is 99.5 Å². The summed E-state index contributed by atoms with van der Waals surface area (Å²) in [5.41, 5.74) is 0.954. The van der Waals surface area contributed by atoms with E-state index in [-0.39, 0.29) is 6.10 Å². The molecule has 1 heterocycles. The molecular weight excluding hydrogens is 233 g/mol. The number of nitrogens with one attached hydrogen (secondary N) is 1. The number of hydrogen-bond acceptors (Lipinski definition) is 2. The molecule has 1 aliphatic heterocycles. The molecule has 0 saturated carbocycles. The van der Waals surface area contributed by atoms with Crippen molar-refractivity contribution in [3.05, 3.63) is 28.2 Å². The average Bonchev–Trinajstić information content (AvgIpc) is 2.50. The van der Waals surface area contributed by atoms with Gasteiger partial charge in [0.2, 0.25) is 0 Å². The van der Waals surface area contributed by atoms with Crippen LogP contribution in [0.15, 0.2) is 18.2 Å². The van der Waals surface area contributed by atoms with E-state index in [0.717, 1.165) is 18.7 Å². The first-order valence-corrected chi connectivity index (χ1v) is 5.75. The van der Waals surface area contributed by atoms with Gasteiger partial charge in [-0.15, -0.1) is 0 Å². The zero-order valence-electron chi connectivity index (χ0n) is 8.47. The van der Waals surface area contributed by atoms with Crippen molar-refractivity contribution >= 4 is 28.9 Å². The van der Waals surface area contributed by atoms with Crippen LogP contribution in [-0.2, 0) is 4.74 Å². The maximum atomic E-state index is 5.92. The topological polar surface area (TPSA) is 21.3 Å². The summed E-state index contributed by atoms with van der Waals surface area (Å²) in [6.07, 6.45) is 1.26. The highest BCUT2D eigenvalue weighted by Gasteiger charge is 2.23. The number of hydrogen-bond donors (Lipinski definition) is 1.